The monoisotopic (exact) mass is 205 g/mol. The van der Waals surface area contributed by atoms with Crippen LogP contribution >= 0.6 is 11.6 Å². The highest BCUT2D eigenvalue weighted by Crippen LogP contribution is 2.15. The first-order chi connectivity index (χ1) is 6.79. The molecule has 0 unspecified atom stereocenters. The third kappa shape index (κ3) is 1.80. The molecule has 0 aliphatic carbocycles. The first-order valence-electron chi connectivity index (χ1n) is 4.55. The Labute approximate surface area is 88.3 Å². The van der Waals surface area contributed by atoms with E-state index in [0.717, 1.165) is 28.4 Å². The second-order valence-electron chi connectivity index (χ2n) is 3.08. The summed E-state index contributed by atoms with van der Waals surface area (Å²) in [6.45, 7) is 2.07. The third-order valence-corrected chi connectivity index (χ3v) is 2.34. The van der Waals surface area contributed by atoms with Crippen LogP contribution in [0.15, 0.2) is 41.1 Å². The molecule has 0 atom stereocenters. The molecule has 1 aliphatic rings. The van der Waals surface area contributed by atoms with Gasteiger partial charge in [-0.2, -0.15) is 10.5 Å². The summed E-state index contributed by atoms with van der Waals surface area (Å²) in [6.07, 6.45) is 2.92. The maximum atomic E-state index is 5.80. The summed E-state index contributed by atoms with van der Waals surface area (Å²) in [5, 5.41) is 4.83. The standard InChI is InChI=1S/C11H10ClN2/c1-2-10-7-11(14-13-10)8-3-5-9(12)6-4-8/h3-7H,2H2,1H3. The van der Waals surface area contributed by atoms with Crippen LogP contribution in [-0.2, 0) is 0 Å². The zero-order chi connectivity index (χ0) is 9.97. The van der Waals surface area contributed by atoms with Crippen molar-refractivity contribution in [2.45, 2.75) is 13.3 Å². The first-order valence-corrected chi connectivity index (χ1v) is 4.92. The molecule has 0 aromatic heterocycles. The van der Waals surface area contributed by atoms with E-state index in [0.29, 0.717) is 0 Å². The van der Waals surface area contributed by atoms with Crippen molar-refractivity contribution in [1.29, 1.82) is 0 Å². The van der Waals surface area contributed by atoms with E-state index in [1.54, 1.807) is 0 Å². The van der Waals surface area contributed by atoms with Crippen LogP contribution in [0.5, 0.6) is 0 Å². The highest BCUT2D eigenvalue weighted by atomic mass is 35.5. The van der Waals surface area contributed by atoms with Crippen molar-refractivity contribution in [3.05, 3.63) is 46.6 Å². The van der Waals surface area contributed by atoms with Gasteiger partial charge < -0.3 is 0 Å². The normalized spacial score (nSPS) is 14.7. The van der Waals surface area contributed by atoms with Crippen molar-refractivity contribution >= 4 is 17.3 Å². The fourth-order valence-corrected chi connectivity index (χ4v) is 1.39. The summed E-state index contributed by atoms with van der Waals surface area (Å²) in [5.41, 5.74) is 7.05. The number of nitrogens with zero attached hydrogens (tertiary/aromatic N) is 2. The number of benzene rings is 1. The van der Waals surface area contributed by atoms with Gasteiger partial charge in [0, 0.05) is 10.6 Å². The molecular formula is C11H10ClN2. The van der Waals surface area contributed by atoms with Crippen molar-refractivity contribution < 1.29 is 0 Å². The fraction of sp³-hybridized carbons (Fsp3) is 0.182. The molecule has 0 spiro atoms. The molecule has 14 heavy (non-hydrogen) atoms. The lowest BCUT2D eigenvalue weighted by atomic mass is 10.1. The topological polar surface area (TPSA) is 26.5 Å². The van der Waals surface area contributed by atoms with Gasteiger partial charge in [-0.15, -0.1) is 0 Å². The van der Waals surface area contributed by atoms with Crippen LogP contribution in [0.25, 0.3) is 0 Å². The van der Waals surface area contributed by atoms with Crippen molar-refractivity contribution in [3.63, 3.8) is 0 Å². The second kappa shape index (κ2) is 3.84. The smallest absolute Gasteiger partial charge is 0.0947 e. The van der Waals surface area contributed by atoms with Crippen molar-refractivity contribution in [3.8, 4) is 0 Å². The number of allylic oxidation sites excluding steroid dienone is 2. The van der Waals surface area contributed by atoms with Gasteiger partial charge in [0.15, 0.2) is 0 Å². The number of hydrogen-bond acceptors (Lipinski definition) is 1. The molecular weight excluding hydrogens is 196 g/mol. The molecule has 0 amide bonds. The predicted molar refractivity (Wildman–Crippen MR) is 58.5 cm³/mol. The number of halogens is 1. The van der Waals surface area contributed by atoms with Gasteiger partial charge in [0.05, 0.1) is 11.4 Å². The minimum atomic E-state index is 0.740. The Hall–Kier alpha value is -1.28. The van der Waals surface area contributed by atoms with E-state index < -0.39 is 0 Å². The maximum absolute atomic E-state index is 5.80. The molecule has 0 bridgehead atoms. The Morgan fingerprint density at radius 1 is 1.21 bits per heavy atom. The van der Waals surface area contributed by atoms with E-state index >= 15 is 0 Å². The van der Waals surface area contributed by atoms with Gasteiger partial charge in [-0.05, 0) is 24.6 Å². The first kappa shape index (κ1) is 9.28. The van der Waals surface area contributed by atoms with Crippen LogP contribution in [0.3, 0.4) is 0 Å². The van der Waals surface area contributed by atoms with Gasteiger partial charge in [-0.3, -0.25) is 0 Å². The summed E-state index contributed by atoms with van der Waals surface area (Å²) >= 11 is 5.80. The number of hydrogen-bond donors (Lipinski definition) is 0. The summed E-state index contributed by atoms with van der Waals surface area (Å²) in [4.78, 5) is 0. The Balaban J connectivity index is 2.25. The summed E-state index contributed by atoms with van der Waals surface area (Å²) in [5.74, 6) is 0. The Kier molecular flexibility index (Phi) is 2.55. The minimum Gasteiger partial charge on any atom is -0.155 e. The lowest BCUT2D eigenvalue weighted by Gasteiger charge is -1.96. The largest absolute Gasteiger partial charge is 0.155 e. The molecule has 71 valence electrons. The Morgan fingerprint density at radius 3 is 2.50 bits per heavy atom. The molecule has 0 saturated heterocycles. The van der Waals surface area contributed by atoms with Crippen LogP contribution in [0.1, 0.15) is 18.9 Å². The zero-order valence-electron chi connectivity index (χ0n) is 7.87. The SMILES string of the molecule is CCC1=CC(c2ccc(Cl)cc2)=N[N]1. The van der Waals surface area contributed by atoms with Gasteiger partial charge in [-0.1, -0.05) is 30.7 Å². The highest BCUT2D eigenvalue weighted by molar-refractivity contribution is 6.30. The molecule has 0 N–H and O–H groups in total. The summed E-state index contributed by atoms with van der Waals surface area (Å²) in [7, 11) is 0. The second-order valence-corrected chi connectivity index (χ2v) is 3.52. The molecule has 1 heterocycles. The van der Waals surface area contributed by atoms with Crippen molar-refractivity contribution in [1.82, 2.24) is 5.43 Å². The fourth-order valence-electron chi connectivity index (χ4n) is 1.27. The van der Waals surface area contributed by atoms with Crippen LogP contribution < -0.4 is 5.43 Å². The third-order valence-electron chi connectivity index (χ3n) is 2.09. The van der Waals surface area contributed by atoms with E-state index in [2.05, 4.69) is 17.5 Å². The summed E-state index contributed by atoms with van der Waals surface area (Å²) in [6, 6.07) is 7.62. The molecule has 0 fully saturated rings. The number of rotatable bonds is 2. The van der Waals surface area contributed by atoms with E-state index in [4.69, 9.17) is 11.6 Å². The highest BCUT2D eigenvalue weighted by Gasteiger charge is 2.09. The molecule has 0 saturated carbocycles. The molecule has 1 aromatic rings. The lowest BCUT2D eigenvalue weighted by molar-refractivity contribution is 0.837. The van der Waals surface area contributed by atoms with Gasteiger partial charge in [-0.25, -0.2) is 0 Å². The molecule has 2 rings (SSSR count). The van der Waals surface area contributed by atoms with Crippen LogP contribution in [0, 0.1) is 0 Å². The minimum absolute atomic E-state index is 0.740. The quantitative estimate of drug-likeness (QED) is 0.710. The maximum Gasteiger partial charge on any atom is 0.0947 e. The average Bonchev–Trinajstić information content (AvgIpc) is 2.67. The van der Waals surface area contributed by atoms with E-state index in [1.165, 1.54) is 0 Å². The van der Waals surface area contributed by atoms with Crippen LogP contribution in [0.4, 0.5) is 0 Å². The van der Waals surface area contributed by atoms with Gasteiger partial charge in [0.1, 0.15) is 0 Å². The molecule has 3 heteroatoms. The van der Waals surface area contributed by atoms with E-state index in [9.17, 15) is 0 Å². The van der Waals surface area contributed by atoms with E-state index in [-0.39, 0.29) is 0 Å². The summed E-state index contributed by atoms with van der Waals surface area (Å²) < 4.78 is 0. The van der Waals surface area contributed by atoms with Gasteiger partial charge >= 0.3 is 0 Å². The van der Waals surface area contributed by atoms with Crippen LogP contribution in [0.2, 0.25) is 5.02 Å². The molecule has 1 radical (unpaired) electrons. The Bertz CT molecular complexity index is 390. The van der Waals surface area contributed by atoms with Crippen molar-refractivity contribution in [2.75, 3.05) is 0 Å². The lowest BCUT2D eigenvalue weighted by Crippen LogP contribution is -1.93. The van der Waals surface area contributed by atoms with Crippen LogP contribution in [-0.4, -0.2) is 5.71 Å². The van der Waals surface area contributed by atoms with E-state index in [1.807, 2.05) is 30.3 Å². The Morgan fingerprint density at radius 2 is 1.93 bits per heavy atom. The zero-order valence-corrected chi connectivity index (χ0v) is 8.62. The van der Waals surface area contributed by atoms with Gasteiger partial charge in [0.2, 0.25) is 0 Å². The molecule has 2 nitrogen and oxygen atoms in total. The van der Waals surface area contributed by atoms with Crippen molar-refractivity contribution in [2.24, 2.45) is 5.10 Å². The predicted octanol–water partition coefficient (Wildman–Crippen LogP) is 2.96. The van der Waals surface area contributed by atoms with Gasteiger partial charge in [0.25, 0.3) is 0 Å². The molecule has 1 aliphatic heterocycles. The average molecular weight is 206 g/mol. The molecule has 1 aromatic carbocycles.